The van der Waals surface area contributed by atoms with Gasteiger partial charge in [-0.25, -0.2) is 23.9 Å². The lowest BCUT2D eigenvalue weighted by Crippen LogP contribution is -2.50. The quantitative estimate of drug-likeness (QED) is 0.532. The largest absolute Gasteiger partial charge is 0.485 e. The van der Waals surface area contributed by atoms with Gasteiger partial charge in [0.1, 0.15) is 18.0 Å². The van der Waals surface area contributed by atoms with Crippen LogP contribution in [-0.4, -0.2) is 76.9 Å². The first kappa shape index (κ1) is 26.1. The number of amides is 3. The number of hydrogen-bond donors (Lipinski definition) is 1. The molecular weight excluding hydrogens is 505 g/mol. The van der Waals surface area contributed by atoms with Gasteiger partial charge in [-0.05, 0) is 45.0 Å². The van der Waals surface area contributed by atoms with Crippen LogP contribution < -0.4 is 19.9 Å². The summed E-state index contributed by atoms with van der Waals surface area (Å²) in [5, 5.41) is 2.86. The highest BCUT2D eigenvalue weighted by molar-refractivity contribution is 6.03. The fourth-order valence-electron chi connectivity index (χ4n) is 4.31. The third-order valence-corrected chi connectivity index (χ3v) is 6.14. The Hall–Kier alpha value is -4.48. The maximum Gasteiger partial charge on any atom is 0.410 e. The second-order valence-electron chi connectivity index (χ2n) is 10.2. The van der Waals surface area contributed by atoms with E-state index in [4.69, 9.17) is 14.5 Å². The number of hydrogen-bond acceptors (Lipinski definition) is 8. The highest BCUT2D eigenvalue weighted by Crippen LogP contribution is 2.40. The van der Waals surface area contributed by atoms with Crippen molar-refractivity contribution in [3.8, 4) is 17.1 Å². The van der Waals surface area contributed by atoms with Crippen molar-refractivity contribution in [3.05, 3.63) is 54.6 Å². The van der Waals surface area contributed by atoms with Crippen molar-refractivity contribution < 1.29 is 23.5 Å². The summed E-state index contributed by atoms with van der Waals surface area (Å²) in [7, 11) is 0. The van der Waals surface area contributed by atoms with Crippen molar-refractivity contribution in [2.45, 2.75) is 26.4 Å². The SMILES string of the molecule is CC(C)(C)OC(=O)N1CCN(c2nc(-c3cccc(F)c3)nc3c2OCCN3C(=O)Nc2ccncc2)CC1. The van der Waals surface area contributed by atoms with Crippen molar-refractivity contribution in [2.24, 2.45) is 0 Å². The molecule has 3 amide bonds. The minimum absolute atomic E-state index is 0.240. The lowest BCUT2D eigenvalue weighted by Gasteiger charge is -2.38. The third-order valence-electron chi connectivity index (χ3n) is 6.14. The average molecular weight is 536 g/mol. The molecule has 0 bridgehead atoms. The monoisotopic (exact) mass is 535 g/mol. The first-order valence-corrected chi connectivity index (χ1v) is 12.7. The van der Waals surface area contributed by atoms with Gasteiger partial charge in [0.05, 0.1) is 6.54 Å². The molecule has 0 spiro atoms. The molecule has 1 fully saturated rings. The number of urea groups is 1. The number of benzene rings is 1. The van der Waals surface area contributed by atoms with E-state index >= 15 is 0 Å². The molecule has 1 N–H and O–H groups in total. The van der Waals surface area contributed by atoms with Gasteiger partial charge >= 0.3 is 12.1 Å². The summed E-state index contributed by atoms with van der Waals surface area (Å²) in [5.74, 6) is 0.947. The Morgan fingerprint density at radius 2 is 1.72 bits per heavy atom. The second-order valence-corrected chi connectivity index (χ2v) is 10.2. The van der Waals surface area contributed by atoms with Crippen LogP contribution in [0.25, 0.3) is 11.4 Å². The summed E-state index contributed by atoms with van der Waals surface area (Å²) in [5.41, 5.74) is 0.459. The maximum atomic E-state index is 14.1. The normalized spacial score (nSPS) is 15.3. The maximum absolute atomic E-state index is 14.1. The zero-order valence-corrected chi connectivity index (χ0v) is 22.1. The first-order chi connectivity index (χ1) is 18.7. The Morgan fingerprint density at radius 1 is 1.00 bits per heavy atom. The molecule has 2 aliphatic rings. The number of nitrogens with one attached hydrogen (secondary N) is 1. The lowest BCUT2D eigenvalue weighted by molar-refractivity contribution is 0.0240. The van der Waals surface area contributed by atoms with E-state index in [-0.39, 0.29) is 30.9 Å². The molecular formula is C27H30FN7O4. The van der Waals surface area contributed by atoms with Crippen LogP contribution in [0.2, 0.25) is 0 Å². The molecule has 0 aliphatic carbocycles. The summed E-state index contributed by atoms with van der Waals surface area (Å²) in [6.07, 6.45) is 2.80. The predicted molar refractivity (Wildman–Crippen MR) is 144 cm³/mol. The number of aromatic nitrogens is 3. The molecule has 1 aromatic carbocycles. The van der Waals surface area contributed by atoms with Crippen LogP contribution in [0.15, 0.2) is 48.8 Å². The van der Waals surface area contributed by atoms with Gasteiger partial charge in [0.2, 0.25) is 5.75 Å². The molecule has 3 aromatic rings. The third kappa shape index (κ3) is 6.00. The molecule has 11 nitrogen and oxygen atoms in total. The molecule has 5 rings (SSSR count). The molecule has 39 heavy (non-hydrogen) atoms. The highest BCUT2D eigenvalue weighted by atomic mass is 19.1. The minimum Gasteiger partial charge on any atom is -0.485 e. The number of anilines is 3. The van der Waals surface area contributed by atoms with Crippen molar-refractivity contribution in [1.29, 1.82) is 0 Å². The topological polar surface area (TPSA) is 113 Å². The first-order valence-electron chi connectivity index (χ1n) is 12.7. The molecule has 4 heterocycles. The van der Waals surface area contributed by atoms with E-state index < -0.39 is 17.4 Å². The molecule has 204 valence electrons. The Bertz CT molecular complexity index is 1360. The number of rotatable bonds is 3. The molecule has 12 heteroatoms. The smallest absolute Gasteiger partial charge is 0.410 e. The molecule has 0 saturated carbocycles. The molecule has 0 radical (unpaired) electrons. The van der Waals surface area contributed by atoms with Crippen molar-refractivity contribution in [1.82, 2.24) is 19.9 Å². The van der Waals surface area contributed by atoms with Gasteiger partial charge in [-0.1, -0.05) is 12.1 Å². The van der Waals surface area contributed by atoms with E-state index in [0.29, 0.717) is 49.0 Å². The summed E-state index contributed by atoms with van der Waals surface area (Å²) >= 11 is 0. The van der Waals surface area contributed by atoms with E-state index in [1.54, 1.807) is 41.6 Å². The standard InChI is InChI=1S/C27H30FN7O4/c1-27(2,3)39-26(37)34-13-11-33(12-14-34)23-21-24(32-22(31-23)18-5-4-6-19(28)17-18)35(15-16-38-21)25(36)30-20-7-9-29-10-8-20/h4-10,17H,11-16H2,1-3H3,(H,29,30,36). The number of carbonyl (C=O) groups is 2. The van der Waals surface area contributed by atoms with Crippen molar-refractivity contribution >= 4 is 29.4 Å². The van der Waals surface area contributed by atoms with Crippen LogP contribution >= 0.6 is 0 Å². The molecule has 1 saturated heterocycles. The van der Waals surface area contributed by atoms with E-state index in [2.05, 4.69) is 15.3 Å². The highest BCUT2D eigenvalue weighted by Gasteiger charge is 2.34. The van der Waals surface area contributed by atoms with Gasteiger partial charge < -0.3 is 24.6 Å². The van der Waals surface area contributed by atoms with Gasteiger partial charge in [-0.3, -0.25) is 9.88 Å². The fourth-order valence-corrected chi connectivity index (χ4v) is 4.31. The van der Waals surface area contributed by atoms with E-state index in [9.17, 15) is 14.0 Å². The lowest BCUT2D eigenvalue weighted by atomic mass is 10.2. The van der Waals surface area contributed by atoms with Gasteiger partial charge in [0.25, 0.3) is 0 Å². The van der Waals surface area contributed by atoms with Gasteiger partial charge in [-0.2, -0.15) is 0 Å². The van der Waals surface area contributed by atoms with E-state index in [0.717, 1.165) is 0 Å². The zero-order chi connectivity index (χ0) is 27.6. The van der Waals surface area contributed by atoms with Crippen LogP contribution in [0.4, 0.5) is 31.3 Å². The van der Waals surface area contributed by atoms with Crippen LogP contribution in [0.5, 0.6) is 5.75 Å². The summed E-state index contributed by atoms with van der Waals surface area (Å²) < 4.78 is 25.6. The summed E-state index contributed by atoms with van der Waals surface area (Å²) in [4.78, 5) is 44.4. The van der Waals surface area contributed by atoms with Gasteiger partial charge in [-0.15, -0.1) is 0 Å². The fraction of sp³-hybridized carbons (Fsp3) is 0.370. The zero-order valence-electron chi connectivity index (χ0n) is 22.1. The van der Waals surface area contributed by atoms with Crippen molar-refractivity contribution in [3.63, 3.8) is 0 Å². The summed E-state index contributed by atoms with van der Waals surface area (Å²) in [6, 6.07) is 8.96. The number of carbonyl (C=O) groups excluding carboxylic acids is 2. The van der Waals surface area contributed by atoms with Crippen LogP contribution in [-0.2, 0) is 4.74 Å². The van der Waals surface area contributed by atoms with Gasteiger partial charge in [0.15, 0.2) is 17.5 Å². The average Bonchev–Trinajstić information content (AvgIpc) is 2.92. The Kier molecular flexibility index (Phi) is 7.18. The van der Waals surface area contributed by atoms with E-state index in [1.807, 2.05) is 25.7 Å². The molecule has 0 unspecified atom stereocenters. The molecule has 2 aromatic heterocycles. The van der Waals surface area contributed by atoms with Gasteiger partial charge in [0, 0.05) is 49.8 Å². The number of pyridine rings is 1. The number of nitrogens with zero attached hydrogens (tertiary/aromatic N) is 6. The van der Waals surface area contributed by atoms with Crippen LogP contribution in [0.1, 0.15) is 20.8 Å². The second kappa shape index (κ2) is 10.7. The number of piperazine rings is 1. The van der Waals surface area contributed by atoms with Crippen LogP contribution in [0, 0.1) is 5.82 Å². The molecule has 2 aliphatic heterocycles. The van der Waals surface area contributed by atoms with Crippen molar-refractivity contribution in [2.75, 3.05) is 54.4 Å². The number of halogens is 1. The predicted octanol–water partition coefficient (Wildman–Crippen LogP) is 4.17. The Balaban J connectivity index is 1.47. The Labute approximate surface area is 225 Å². The minimum atomic E-state index is -0.589. The van der Waals surface area contributed by atoms with Crippen LogP contribution in [0.3, 0.4) is 0 Å². The Morgan fingerprint density at radius 3 is 2.41 bits per heavy atom. The number of ether oxygens (including phenoxy) is 2. The number of fused-ring (bicyclic) bond motifs is 1. The molecule has 0 atom stereocenters. The summed E-state index contributed by atoms with van der Waals surface area (Å²) in [6.45, 7) is 7.72. The van der Waals surface area contributed by atoms with E-state index in [1.165, 1.54) is 17.0 Å².